The fourth-order valence-corrected chi connectivity index (χ4v) is 3.22. The third-order valence-corrected chi connectivity index (χ3v) is 4.44. The average Bonchev–Trinajstić information content (AvgIpc) is 2.80. The minimum atomic E-state index is -3.23. The number of hydrogen-bond donors (Lipinski definition) is 0. The number of hydrogen-bond acceptors (Lipinski definition) is 4. The first-order chi connectivity index (χ1) is 8.37. The second kappa shape index (κ2) is 3.45. The third kappa shape index (κ3) is 1.75. The van der Waals surface area contributed by atoms with Crippen LogP contribution in [0.5, 0.6) is 0 Å². The lowest BCUT2D eigenvalue weighted by Crippen LogP contribution is -2.17. The van der Waals surface area contributed by atoms with E-state index in [1.165, 1.54) is 5.41 Å². The Morgan fingerprint density at radius 2 is 2.11 bits per heavy atom. The van der Waals surface area contributed by atoms with Crippen molar-refractivity contribution in [1.29, 1.82) is 0 Å². The molecular formula is C13H13NO3S. The second-order valence-electron chi connectivity index (χ2n) is 5.12. The molecule has 2 aliphatic rings. The van der Waals surface area contributed by atoms with Crippen molar-refractivity contribution in [3.63, 3.8) is 0 Å². The summed E-state index contributed by atoms with van der Waals surface area (Å²) < 4.78 is 28.8. The zero-order valence-corrected chi connectivity index (χ0v) is 11.0. The zero-order chi connectivity index (χ0) is 13.0. The van der Waals surface area contributed by atoms with E-state index < -0.39 is 9.84 Å². The molecule has 3 rings (SSSR count). The summed E-state index contributed by atoms with van der Waals surface area (Å²) in [6.07, 6.45) is 1.61. The lowest BCUT2D eigenvalue weighted by molar-refractivity contribution is 0.279. The second-order valence-corrected chi connectivity index (χ2v) is 6.92. The van der Waals surface area contributed by atoms with E-state index in [1.807, 2.05) is 13.8 Å². The number of fused-ring (bicyclic) bond motifs is 1. The van der Waals surface area contributed by atoms with Crippen LogP contribution in [-0.4, -0.2) is 26.5 Å². The van der Waals surface area contributed by atoms with Gasteiger partial charge in [-0.1, -0.05) is 0 Å². The van der Waals surface area contributed by atoms with E-state index in [1.54, 1.807) is 24.3 Å². The van der Waals surface area contributed by atoms with Gasteiger partial charge in [-0.05, 0) is 43.7 Å². The van der Waals surface area contributed by atoms with Gasteiger partial charge in [-0.2, -0.15) is 0 Å². The summed E-state index contributed by atoms with van der Waals surface area (Å²) in [5, 5.41) is 1.22. The maximum Gasteiger partial charge on any atom is 0.216 e. The Hall–Kier alpha value is -1.62. The molecule has 0 saturated carbocycles. The van der Waals surface area contributed by atoms with Gasteiger partial charge in [0.25, 0.3) is 0 Å². The van der Waals surface area contributed by atoms with E-state index in [2.05, 4.69) is 4.99 Å². The molecule has 0 aliphatic carbocycles. The van der Waals surface area contributed by atoms with Gasteiger partial charge in [-0.3, -0.25) is 0 Å². The highest BCUT2D eigenvalue weighted by atomic mass is 32.2. The standard InChI is InChI=1S/C13H13NO3S/c1-13(2)8-17-12(14-13)10-3-4-11-9(7-10)5-6-18(11,15)16/h3-7H,8H2,1-2H3. The van der Waals surface area contributed by atoms with Gasteiger partial charge in [-0.25, -0.2) is 13.4 Å². The highest BCUT2D eigenvalue weighted by molar-refractivity contribution is 7.94. The van der Waals surface area contributed by atoms with Crippen molar-refractivity contribution in [2.75, 3.05) is 6.61 Å². The van der Waals surface area contributed by atoms with Gasteiger partial charge in [0, 0.05) is 11.0 Å². The molecule has 2 heterocycles. The molecule has 18 heavy (non-hydrogen) atoms. The number of rotatable bonds is 1. The molecular weight excluding hydrogens is 250 g/mol. The molecule has 1 aromatic carbocycles. The minimum Gasteiger partial charge on any atom is -0.475 e. The minimum absolute atomic E-state index is 0.212. The summed E-state index contributed by atoms with van der Waals surface area (Å²) in [5.74, 6) is 0.584. The van der Waals surface area contributed by atoms with Gasteiger partial charge in [0.1, 0.15) is 6.61 Å². The number of sulfone groups is 1. The molecule has 0 unspecified atom stereocenters. The van der Waals surface area contributed by atoms with Crippen molar-refractivity contribution < 1.29 is 13.2 Å². The van der Waals surface area contributed by atoms with E-state index >= 15 is 0 Å². The fraction of sp³-hybridized carbons (Fsp3) is 0.308. The number of aliphatic imine (C=N–C) groups is 1. The maximum atomic E-state index is 11.6. The number of nitrogens with zero attached hydrogens (tertiary/aromatic N) is 1. The normalized spacial score (nSPS) is 22.4. The smallest absolute Gasteiger partial charge is 0.216 e. The third-order valence-electron chi connectivity index (χ3n) is 2.96. The molecule has 94 valence electrons. The van der Waals surface area contributed by atoms with Gasteiger partial charge >= 0.3 is 0 Å². The Bertz CT molecular complexity index is 684. The van der Waals surface area contributed by atoms with Gasteiger partial charge in [0.2, 0.25) is 5.90 Å². The van der Waals surface area contributed by atoms with E-state index in [0.29, 0.717) is 23.0 Å². The molecule has 0 saturated heterocycles. The predicted octanol–water partition coefficient (Wildman–Crippen LogP) is 2.00. The molecule has 2 aliphatic heterocycles. The van der Waals surface area contributed by atoms with Crippen molar-refractivity contribution in [2.45, 2.75) is 24.3 Å². The van der Waals surface area contributed by atoms with Crippen LogP contribution in [0.1, 0.15) is 25.0 Å². The first kappa shape index (κ1) is 11.5. The molecule has 0 radical (unpaired) electrons. The zero-order valence-electron chi connectivity index (χ0n) is 10.2. The summed E-state index contributed by atoms with van der Waals surface area (Å²) in [7, 11) is -3.23. The Morgan fingerprint density at radius 3 is 2.78 bits per heavy atom. The van der Waals surface area contributed by atoms with Gasteiger partial charge in [-0.15, -0.1) is 0 Å². The lowest BCUT2D eigenvalue weighted by atomic mass is 10.1. The SMILES string of the molecule is CC1(C)COC(c2ccc3c(c2)C=CS3(=O)=O)=N1. The molecule has 0 N–H and O–H groups in total. The van der Waals surface area contributed by atoms with Gasteiger partial charge in [0.15, 0.2) is 9.84 Å². The van der Waals surface area contributed by atoms with Crippen LogP contribution in [0.25, 0.3) is 6.08 Å². The maximum absolute atomic E-state index is 11.6. The highest BCUT2D eigenvalue weighted by Crippen LogP contribution is 2.29. The Morgan fingerprint density at radius 1 is 1.33 bits per heavy atom. The monoisotopic (exact) mass is 263 g/mol. The molecule has 4 nitrogen and oxygen atoms in total. The van der Waals surface area contributed by atoms with Crippen LogP contribution in [0, 0.1) is 0 Å². The van der Waals surface area contributed by atoms with Gasteiger partial charge < -0.3 is 4.74 Å². The van der Waals surface area contributed by atoms with Crippen LogP contribution in [0.4, 0.5) is 0 Å². The van der Waals surface area contributed by atoms with E-state index in [0.717, 1.165) is 5.56 Å². The fourth-order valence-electron chi connectivity index (χ4n) is 2.04. The highest BCUT2D eigenvalue weighted by Gasteiger charge is 2.28. The molecule has 0 spiro atoms. The topological polar surface area (TPSA) is 55.7 Å². The first-order valence-corrected chi connectivity index (χ1v) is 7.22. The van der Waals surface area contributed by atoms with Gasteiger partial charge in [0.05, 0.1) is 10.4 Å². The largest absolute Gasteiger partial charge is 0.475 e. The van der Waals surface area contributed by atoms with E-state index in [9.17, 15) is 8.42 Å². The van der Waals surface area contributed by atoms with Crippen LogP contribution in [0.15, 0.2) is 33.5 Å². The Balaban J connectivity index is 2.06. The summed E-state index contributed by atoms with van der Waals surface area (Å²) in [6, 6.07) is 5.15. The molecule has 0 bridgehead atoms. The summed E-state index contributed by atoms with van der Waals surface area (Å²) in [5.41, 5.74) is 1.31. The van der Waals surface area contributed by atoms with Crippen molar-refractivity contribution in [1.82, 2.24) is 0 Å². The van der Waals surface area contributed by atoms with Crippen molar-refractivity contribution >= 4 is 21.8 Å². The van der Waals surface area contributed by atoms with Crippen molar-refractivity contribution in [2.24, 2.45) is 4.99 Å². The molecule has 0 fully saturated rings. The van der Waals surface area contributed by atoms with Crippen molar-refractivity contribution in [3.05, 3.63) is 34.7 Å². The Labute approximate surface area is 106 Å². The molecule has 0 aromatic heterocycles. The number of benzene rings is 1. The first-order valence-electron chi connectivity index (χ1n) is 5.68. The molecule has 5 heteroatoms. The summed E-state index contributed by atoms with van der Waals surface area (Å²) >= 11 is 0. The molecule has 0 atom stereocenters. The van der Waals surface area contributed by atoms with Crippen LogP contribution in [-0.2, 0) is 14.6 Å². The van der Waals surface area contributed by atoms with Crippen molar-refractivity contribution in [3.8, 4) is 0 Å². The number of ether oxygens (including phenoxy) is 1. The lowest BCUT2D eigenvalue weighted by Gasteiger charge is -2.07. The van der Waals surface area contributed by atoms with Crippen LogP contribution >= 0.6 is 0 Å². The molecule has 0 amide bonds. The van der Waals surface area contributed by atoms with Crippen LogP contribution < -0.4 is 0 Å². The average molecular weight is 263 g/mol. The predicted molar refractivity (Wildman–Crippen MR) is 69.2 cm³/mol. The van der Waals surface area contributed by atoms with Crippen LogP contribution in [0.3, 0.4) is 0 Å². The molecule has 1 aromatic rings. The Kier molecular flexibility index (Phi) is 2.20. The van der Waals surface area contributed by atoms with Crippen LogP contribution in [0.2, 0.25) is 0 Å². The summed E-state index contributed by atoms with van der Waals surface area (Å²) in [4.78, 5) is 4.82. The van der Waals surface area contributed by atoms with E-state index in [4.69, 9.17) is 4.74 Å². The van der Waals surface area contributed by atoms with E-state index in [-0.39, 0.29) is 5.54 Å². The quantitative estimate of drug-likeness (QED) is 0.778. The summed E-state index contributed by atoms with van der Waals surface area (Å²) in [6.45, 7) is 4.54.